The van der Waals surface area contributed by atoms with E-state index in [0.717, 1.165) is 12.3 Å². The lowest BCUT2D eigenvalue weighted by Gasteiger charge is -2.25. The topological polar surface area (TPSA) is 52.9 Å². The highest BCUT2D eigenvalue weighted by molar-refractivity contribution is 5.84. The SMILES string of the molecule is CC(C)(C#N)C(=O)NC1CC2CCC1C2. The van der Waals surface area contributed by atoms with E-state index in [0.29, 0.717) is 12.0 Å². The predicted octanol–water partition coefficient (Wildman–Crippen LogP) is 1.84. The fourth-order valence-electron chi connectivity index (χ4n) is 2.82. The van der Waals surface area contributed by atoms with Gasteiger partial charge in [-0.3, -0.25) is 4.79 Å². The fourth-order valence-corrected chi connectivity index (χ4v) is 2.82. The molecule has 0 aromatic rings. The van der Waals surface area contributed by atoms with Crippen molar-refractivity contribution in [3.05, 3.63) is 0 Å². The van der Waals surface area contributed by atoms with Gasteiger partial charge in [0.25, 0.3) is 0 Å². The third kappa shape index (κ3) is 1.86. The monoisotopic (exact) mass is 206 g/mol. The molecule has 2 aliphatic rings. The summed E-state index contributed by atoms with van der Waals surface area (Å²) in [6.07, 6.45) is 4.98. The maximum Gasteiger partial charge on any atom is 0.240 e. The molecule has 0 heterocycles. The summed E-state index contributed by atoms with van der Waals surface area (Å²) in [5.74, 6) is 1.39. The number of carbonyl (C=O) groups is 1. The van der Waals surface area contributed by atoms with Gasteiger partial charge in [0.15, 0.2) is 0 Å². The second kappa shape index (κ2) is 3.52. The van der Waals surface area contributed by atoms with Crippen molar-refractivity contribution < 1.29 is 4.79 Å². The molecule has 1 amide bonds. The van der Waals surface area contributed by atoms with Crippen LogP contribution in [0.2, 0.25) is 0 Å². The Kier molecular flexibility index (Phi) is 2.46. The number of hydrogen-bond donors (Lipinski definition) is 1. The van der Waals surface area contributed by atoms with Gasteiger partial charge in [0, 0.05) is 6.04 Å². The standard InChI is InChI=1S/C12H18N2O/c1-12(2,7-13)11(15)14-10-6-8-3-4-9(10)5-8/h8-10H,3-6H2,1-2H3,(H,14,15). The number of nitriles is 1. The Morgan fingerprint density at radius 3 is 2.60 bits per heavy atom. The van der Waals surface area contributed by atoms with Crippen LogP contribution >= 0.6 is 0 Å². The minimum absolute atomic E-state index is 0.109. The van der Waals surface area contributed by atoms with E-state index in [9.17, 15) is 4.79 Å². The quantitative estimate of drug-likeness (QED) is 0.749. The maximum absolute atomic E-state index is 11.8. The number of fused-ring (bicyclic) bond motifs is 2. The van der Waals surface area contributed by atoms with Gasteiger partial charge in [-0.2, -0.15) is 5.26 Å². The highest BCUT2D eigenvalue weighted by atomic mass is 16.2. The van der Waals surface area contributed by atoms with Crippen LogP contribution in [-0.2, 0) is 4.79 Å². The second-order valence-electron chi connectivity index (χ2n) is 5.49. The van der Waals surface area contributed by atoms with E-state index in [1.807, 2.05) is 6.07 Å². The van der Waals surface area contributed by atoms with Crippen molar-refractivity contribution in [2.75, 3.05) is 0 Å². The molecule has 3 atom stereocenters. The summed E-state index contributed by atoms with van der Waals surface area (Å²) >= 11 is 0. The van der Waals surface area contributed by atoms with Crippen LogP contribution in [0.25, 0.3) is 0 Å². The van der Waals surface area contributed by atoms with E-state index >= 15 is 0 Å². The van der Waals surface area contributed by atoms with Crippen LogP contribution < -0.4 is 5.32 Å². The molecule has 0 radical (unpaired) electrons. The number of hydrogen-bond acceptors (Lipinski definition) is 2. The summed E-state index contributed by atoms with van der Waals surface area (Å²) < 4.78 is 0. The van der Waals surface area contributed by atoms with Crippen molar-refractivity contribution in [2.45, 2.75) is 45.6 Å². The molecule has 15 heavy (non-hydrogen) atoms. The van der Waals surface area contributed by atoms with E-state index in [1.165, 1.54) is 19.3 Å². The molecule has 2 fully saturated rings. The largest absolute Gasteiger partial charge is 0.352 e. The van der Waals surface area contributed by atoms with Gasteiger partial charge in [-0.1, -0.05) is 6.42 Å². The van der Waals surface area contributed by atoms with E-state index in [2.05, 4.69) is 5.32 Å². The normalized spacial score (nSPS) is 33.8. The Hall–Kier alpha value is -1.04. The molecular weight excluding hydrogens is 188 g/mol. The molecule has 0 aromatic carbocycles. The zero-order valence-corrected chi connectivity index (χ0v) is 9.42. The van der Waals surface area contributed by atoms with Crippen molar-refractivity contribution in [2.24, 2.45) is 17.3 Å². The summed E-state index contributed by atoms with van der Waals surface area (Å²) in [4.78, 5) is 11.8. The van der Waals surface area contributed by atoms with Gasteiger partial charge in [0.2, 0.25) is 5.91 Å². The molecule has 3 unspecified atom stereocenters. The Balaban J connectivity index is 1.94. The molecule has 0 saturated heterocycles. The molecule has 0 aromatic heterocycles. The highest BCUT2D eigenvalue weighted by Crippen LogP contribution is 2.44. The first kappa shape index (κ1) is 10.5. The Labute approximate surface area is 90.8 Å². The third-order valence-corrected chi connectivity index (χ3v) is 3.90. The van der Waals surface area contributed by atoms with Gasteiger partial charge in [-0.05, 0) is 44.9 Å². The molecule has 82 valence electrons. The lowest BCUT2D eigenvalue weighted by molar-refractivity contribution is -0.127. The van der Waals surface area contributed by atoms with Gasteiger partial charge in [-0.25, -0.2) is 0 Å². The van der Waals surface area contributed by atoms with Crippen molar-refractivity contribution in [1.29, 1.82) is 5.26 Å². The van der Waals surface area contributed by atoms with Gasteiger partial charge in [-0.15, -0.1) is 0 Å². The summed E-state index contributed by atoms with van der Waals surface area (Å²) in [7, 11) is 0. The minimum Gasteiger partial charge on any atom is -0.352 e. The van der Waals surface area contributed by atoms with Gasteiger partial charge < -0.3 is 5.32 Å². The molecule has 3 nitrogen and oxygen atoms in total. The first-order valence-electron chi connectivity index (χ1n) is 5.75. The lowest BCUT2D eigenvalue weighted by Crippen LogP contribution is -2.44. The summed E-state index contributed by atoms with van der Waals surface area (Å²) in [5.41, 5.74) is -0.887. The van der Waals surface area contributed by atoms with Crippen LogP contribution in [0.1, 0.15) is 39.5 Å². The fraction of sp³-hybridized carbons (Fsp3) is 0.833. The Morgan fingerprint density at radius 1 is 1.40 bits per heavy atom. The smallest absolute Gasteiger partial charge is 0.240 e. The number of carbonyl (C=O) groups excluding carboxylic acids is 1. The molecule has 3 heteroatoms. The maximum atomic E-state index is 11.8. The Morgan fingerprint density at radius 2 is 2.13 bits per heavy atom. The average molecular weight is 206 g/mol. The van der Waals surface area contributed by atoms with Crippen LogP contribution in [0.3, 0.4) is 0 Å². The van der Waals surface area contributed by atoms with E-state index in [1.54, 1.807) is 13.8 Å². The lowest BCUT2D eigenvalue weighted by atomic mass is 9.91. The first-order chi connectivity index (χ1) is 7.03. The Bertz CT molecular complexity index is 316. The number of nitrogens with zero attached hydrogens (tertiary/aromatic N) is 1. The third-order valence-electron chi connectivity index (χ3n) is 3.90. The average Bonchev–Trinajstić information content (AvgIpc) is 2.79. The zero-order chi connectivity index (χ0) is 11.1. The van der Waals surface area contributed by atoms with Crippen molar-refractivity contribution in [1.82, 2.24) is 5.32 Å². The van der Waals surface area contributed by atoms with Crippen LogP contribution in [0.15, 0.2) is 0 Å². The highest BCUT2D eigenvalue weighted by Gasteiger charge is 2.41. The van der Waals surface area contributed by atoms with Gasteiger partial charge in [0.1, 0.15) is 5.41 Å². The summed E-state index contributed by atoms with van der Waals surface area (Å²) in [6.45, 7) is 3.35. The molecule has 2 bridgehead atoms. The number of amides is 1. The molecule has 2 rings (SSSR count). The van der Waals surface area contributed by atoms with Crippen molar-refractivity contribution >= 4 is 5.91 Å². The van der Waals surface area contributed by atoms with Crippen LogP contribution in [0.4, 0.5) is 0 Å². The predicted molar refractivity (Wildman–Crippen MR) is 56.8 cm³/mol. The van der Waals surface area contributed by atoms with E-state index in [-0.39, 0.29) is 5.91 Å². The van der Waals surface area contributed by atoms with Crippen LogP contribution in [-0.4, -0.2) is 11.9 Å². The molecule has 1 N–H and O–H groups in total. The molecule has 2 aliphatic carbocycles. The van der Waals surface area contributed by atoms with Gasteiger partial charge >= 0.3 is 0 Å². The summed E-state index contributed by atoms with van der Waals surface area (Å²) in [5, 5.41) is 11.9. The van der Waals surface area contributed by atoms with Gasteiger partial charge in [0.05, 0.1) is 6.07 Å². The second-order valence-corrected chi connectivity index (χ2v) is 5.49. The van der Waals surface area contributed by atoms with Crippen LogP contribution in [0.5, 0.6) is 0 Å². The molecular formula is C12H18N2O. The van der Waals surface area contributed by atoms with Crippen molar-refractivity contribution in [3.63, 3.8) is 0 Å². The summed E-state index contributed by atoms with van der Waals surface area (Å²) in [6, 6.07) is 2.38. The first-order valence-corrected chi connectivity index (χ1v) is 5.75. The minimum atomic E-state index is -0.887. The zero-order valence-electron chi connectivity index (χ0n) is 9.42. The number of rotatable bonds is 2. The van der Waals surface area contributed by atoms with Crippen molar-refractivity contribution in [3.8, 4) is 6.07 Å². The molecule has 0 spiro atoms. The van der Waals surface area contributed by atoms with E-state index in [4.69, 9.17) is 5.26 Å². The van der Waals surface area contributed by atoms with Crippen LogP contribution in [0, 0.1) is 28.6 Å². The number of nitrogens with one attached hydrogen (secondary N) is 1. The van der Waals surface area contributed by atoms with E-state index < -0.39 is 5.41 Å². The molecule has 0 aliphatic heterocycles. The molecule has 2 saturated carbocycles.